The average molecular weight is 482 g/mol. The Morgan fingerprint density at radius 1 is 1.14 bits per heavy atom. The smallest absolute Gasteiger partial charge is 0.382 e. The predicted octanol–water partition coefficient (Wildman–Crippen LogP) is 5.24. The van der Waals surface area contributed by atoms with Gasteiger partial charge in [0, 0.05) is 54.0 Å². The van der Waals surface area contributed by atoms with Crippen molar-refractivity contribution >= 4 is 28.4 Å². The molecule has 3 heterocycles. The van der Waals surface area contributed by atoms with E-state index in [4.69, 9.17) is 0 Å². The average Bonchev–Trinajstić information content (AvgIpc) is 3.48. The zero-order chi connectivity index (χ0) is 24.6. The lowest BCUT2D eigenvalue weighted by atomic mass is 9.93. The van der Waals surface area contributed by atoms with Gasteiger partial charge >= 0.3 is 6.18 Å². The van der Waals surface area contributed by atoms with Gasteiger partial charge < -0.3 is 20.5 Å². The molecule has 0 atom stereocenters. The van der Waals surface area contributed by atoms with Gasteiger partial charge in [-0.2, -0.15) is 13.2 Å². The zero-order valence-corrected chi connectivity index (χ0v) is 19.2. The topological polar surface area (TPSA) is 73.0 Å². The van der Waals surface area contributed by atoms with Gasteiger partial charge in [0.15, 0.2) is 0 Å². The molecule has 1 saturated heterocycles. The Morgan fingerprint density at radius 3 is 2.51 bits per heavy atom. The van der Waals surface area contributed by atoms with Crippen molar-refractivity contribution in [2.45, 2.75) is 32.0 Å². The van der Waals surface area contributed by atoms with Crippen LogP contribution in [0, 0.1) is 0 Å². The summed E-state index contributed by atoms with van der Waals surface area (Å²) in [6.07, 6.45) is 0.798. The number of hydrogen-bond acceptors (Lipinski definition) is 4. The number of hydrogen-bond donors (Lipinski definition) is 3. The van der Waals surface area contributed by atoms with E-state index in [1.807, 2.05) is 18.2 Å². The largest absolute Gasteiger partial charge is 0.416 e. The number of aromatic amines is 1. The maximum atomic E-state index is 13.1. The lowest BCUT2D eigenvalue weighted by Gasteiger charge is -2.32. The molecule has 0 bridgehead atoms. The molecular formula is C26H26F3N5O. The molecular weight excluding hydrogens is 455 g/mol. The van der Waals surface area contributed by atoms with Gasteiger partial charge in [0.2, 0.25) is 0 Å². The normalized spacial score (nSPS) is 18.3. The van der Waals surface area contributed by atoms with E-state index in [2.05, 4.69) is 32.4 Å². The number of carbonyl (C=O) groups excluding carboxylic acids is 1. The summed E-state index contributed by atoms with van der Waals surface area (Å²) >= 11 is 0. The Labute approximate surface area is 201 Å². The number of carbonyl (C=O) groups is 1. The summed E-state index contributed by atoms with van der Waals surface area (Å²) in [5.41, 5.74) is 2.80. The lowest BCUT2D eigenvalue weighted by Crippen LogP contribution is -2.38. The van der Waals surface area contributed by atoms with E-state index in [9.17, 15) is 18.0 Å². The van der Waals surface area contributed by atoms with Crippen molar-refractivity contribution in [3.8, 4) is 0 Å². The van der Waals surface area contributed by atoms with Crippen LogP contribution in [0.1, 0.15) is 42.3 Å². The van der Waals surface area contributed by atoms with Crippen LogP contribution < -0.4 is 10.6 Å². The van der Waals surface area contributed by atoms with Gasteiger partial charge in [0.05, 0.1) is 11.1 Å². The molecule has 3 N–H and O–H groups in total. The highest BCUT2D eigenvalue weighted by atomic mass is 19.4. The highest BCUT2D eigenvalue weighted by Gasteiger charge is 2.32. The molecule has 2 aliphatic rings. The molecule has 6 nitrogen and oxygen atoms in total. The van der Waals surface area contributed by atoms with E-state index >= 15 is 0 Å². The molecule has 1 amide bonds. The fraction of sp³-hybridized carbons (Fsp3) is 0.308. The van der Waals surface area contributed by atoms with Crippen molar-refractivity contribution < 1.29 is 18.0 Å². The van der Waals surface area contributed by atoms with Crippen molar-refractivity contribution in [3.63, 3.8) is 0 Å². The summed E-state index contributed by atoms with van der Waals surface area (Å²) in [7, 11) is 0. The van der Waals surface area contributed by atoms with Crippen LogP contribution in [0.15, 0.2) is 54.9 Å². The summed E-state index contributed by atoms with van der Waals surface area (Å²) in [5, 5.41) is 6.48. The van der Waals surface area contributed by atoms with Crippen molar-refractivity contribution in [1.82, 2.24) is 14.9 Å². The van der Waals surface area contributed by atoms with E-state index in [1.165, 1.54) is 12.1 Å². The third kappa shape index (κ3) is 4.68. The quantitative estimate of drug-likeness (QED) is 0.436. The Kier molecular flexibility index (Phi) is 6.10. The number of amides is 1. The monoisotopic (exact) mass is 481 g/mol. The number of piperidine rings is 1. The number of imidazole rings is 1. The fourth-order valence-electron chi connectivity index (χ4n) is 4.76. The van der Waals surface area contributed by atoms with E-state index in [0.717, 1.165) is 50.3 Å². The first-order valence-electron chi connectivity index (χ1n) is 11.7. The molecule has 0 aliphatic carbocycles. The number of fused-ring (bicyclic) bond motifs is 1. The van der Waals surface area contributed by atoms with E-state index in [0.29, 0.717) is 39.8 Å². The second-order valence-corrected chi connectivity index (χ2v) is 8.83. The lowest BCUT2D eigenvalue weighted by molar-refractivity contribution is -0.137. The Morgan fingerprint density at radius 2 is 1.89 bits per heavy atom. The summed E-state index contributed by atoms with van der Waals surface area (Å²) in [6.45, 7) is 5.30. The third-order valence-electron chi connectivity index (χ3n) is 6.66. The first-order valence-corrected chi connectivity index (χ1v) is 11.7. The second-order valence-electron chi connectivity index (χ2n) is 8.83. The van der Waals surface area contributed by atoms with Crippen LogP contribution >= 0.6 is 0 Å². The van der Waals surface area contributed by atoms with E-state index < -0.39 is 11.7 Å². The molecule has 0 unspecified atom stereocenters. The van der Waals surface area contributed by atoms with Gasteiger partial charge in [-0.05, 0) is 55.3 Å². The van der Waals surface area contributed by atoms with Crippen LogP contribution in [0.2, 0.25) is 0 Å². The minimum atomic E-state index is -4.44. The molecule has 9 heteroatoms. The van der Waals surface area contributed by atoms with Crippen molar-refractivity contribution in [3.05, 3.63) is 77.4 Å². The molecule has 1 aromatic heterocycles. The molecule has 3 aromatic rings. The van der Waals surface area contributed by atoms with Crippen LogP contribution in [-0.4, -0.2) is 46.5 Å². The minimum absolute atomic E-state index is 0.320. The molecule has 0 spiro atoms. The first kappa shape index (κ1) is 23.2. The summed E-state index contributed by atoms with van der Waals surface area (Å²) in [5.74, 6) is 0.0905. The van der Waals surface area contributed by atoms with E-state index in [-0.39, 0.29) is 5.91 Å². The molecule has 1 fully saturated rings. The number of H-pyrrole nitrogens is 1. The molecule has 0 radical (unpaired) electrons. The Hall–Kier alpha value is -3.59. The number of rotatable bonds is 5. The molecule has 182 valence electrons. The van der Waals surface area contributed by atoms with Crippen LogP contribution in [0.25, 0.3) is 11.1 Å². The molecule has 5 rings (SSSR count). The molecule has 2 aromatic carbocycles. The summed E-state index contributed by atoms with van der Waals surface area (Å²) in [4.78, 5) is 22.9. The number of likely N-dealkylation sites (tertiary alicyclic amines) is 1. The predicted molar refractivity (Wildman–Crippen MR) is 130 cm³/mol. The number of alkyl halides is 3. The maximum absolute atomic E-state index is 13.1. The van der Waals surface area contributed by atoms with Gasteiger partial charge in [-0.1, -0.05) is 19.1 Å². The Balaban J connectivity index is 1.54. The number of anilines is 2. The number of aromatic nitrogens is 2. The van der Waals surface area contributed by atoms with Crippen LogP contribution in [-0.2, 0) is 11.0 Å². The number of halogens is 3. The third-order valence-corrected chi connectivity index (χ3v) is 6.66. The van der Waals surface area contributed by atoms with Crippen molar-refractivity contribution in [1.29, 1.82) is 0 Å². The van der Waals surface area contributed by atoms with Gasteiger partial charge in [-0.25, -0.2) is 4.98 Å². The fourth-order valence-corrected chi connectivity index (χ4v) is 4.76. The van der Waals surface area contributed by atoms with Gasteiger partial charge in [0.25, 0.3) is 5.91 Å². The number of nitrogens with zero attached hydrogens (tertiary/aromatic N) is 2. The maximum Gasteiger partial charge on any atom is 0.416 e. The Bertz CT molecular complexity index is 1240. The zero-order valence-electron chi connectivity index (χ0n) is 19.2. The molecule has 2 aliphatic heterocycles. The van der Waals surface area contributed by atoms with Crippen LogP contribution in [0.4, 0.5) is 24.5 Å². The van der Waals surface area contributed by atoms with Crippen LogP contribution in [0.5, 0.6) is 0 Å². The number of nitrogens with one attached hydrogen (secondary N) is 3. The van der Waals surface area contributed by atoms with E-state index in [1.54, 1.807) is 12.4 Å². The SMILES string of the molecule is CCN1CCC(Nc2ccc3c(c2)C(=C(c2ccc(C(F)(F)F)cc2)c2ncc[nH]2)C(=O)N3)CC1. The van der Waals surface area contributed by atoms with Gasteiger partial charge in [-0.3, -0.25) is 4.79 Å². The summed E-state index contributed by atoms with van der Waals surface area (Å²) in [6, 6.07) is 10.9. The van der Waals surface area contributed by atoms with Crippen LogP contribution in [0.3, 0.4) is 0 Å². The standard InChI is InChI=1S/C26H26F3N5O/c1-2-34-13-9-18(10-14-34)32-19-7-8-21-20(15-19)23(25(35)33-21)22(24-30-11-12-31-24)16-3-5-17(6-4-16)26(27,28)29/h3-8,11-12,15,18,32H,2,9-10,13-14H2,1H3,(H,30,31)(H,33,35). The highest BCUT2D eigenvalue weighted by Crippen LogP contribution is 2.41. The van der Waals surface area contributed by atoms with Gasteiger partial charge in [0.1, 0.15) is 5.82 Å². The second kappa shape index (κ2) is 9.22. The van der Waals surface area contributed by atoms with Crippen molar-refractivity contribution in [2.24, 2.45) is 0 Å². The molecule has 0 saturated carbocycles. The van der Waals surface area contributed by atoms with Gasteiger partial charge in [-0.15, -0.1) is 0 Å². The first-order chi connectivity index (χ1) is 16.8. The number of benzene rings is 2. The molecule has 35 heavy (non-hydrogen) atoms. The highest BCUT2D eigenvalue weighted by molar-refractivity contribution is 6.38. The minimum Gasteiger partial charge on any atom is -0.382 e. The summed E-state index contributed by atoms with van der Waals surface area (Å²) < 4.78 is 39.4. The van der Waals surface area contributed by atoms with Crippen molar-refractivity contribution in [2.75, 3.05) is 30.3 Å².